The SMILES string of the molecule is C[C@H](CO)N1C[C@H](C)[C@H](CN(C)Cc2ccc(Oc3ccccc3)cc2)Oc2c(NC(=O)c3ccncc3)cccc2C1=O. The number of anilines is 1. The molecule has 9 heteroatoms. The molecule has 1 aliphatic rings. The Kier molecular flexibility index (Phi) is 9.89. The monoisotopic (exact) mass is 594 g/mol. The number of rotatable bonds is 10. The van der Waals surface area contributed by atoms with E-state index >= 15 is 0 Å². The highest BCUT2D eigenvalue weighted by molar-refractivity contribution is 6.07. The standard InChI is InChI=1S/C35H38N4O5/c1-24-20-39(25(2)23-40)35(42)30-10-7-11-31(37-34(41)27-16-18-36-19-17-27)33(30)44-32(24)22-38(3)21-26-12-14-29(15-13-26)43-28-8-5-4-6-9-28/h4-19,24-25,32,40H,20-23H2,1-3H3,(H,37,41)/t24-,25+,32-/m0/s1. The lowest BCUT2D eigenvalue weighted by Gasteiger charge is -2.38. The number of likely N-dealkylation sites (N-methyl/N-ethyl adjacent to an activating group) is 1. The van der Waals surface area contributed by atoms with Crippen molar-refractivity contribution in [1.82, 2.24) is 14.8 Å². The molecular weight excluding hydrogens is 556 g/mol. The first-order valence-electron chi connectivity index (χ1n) is 14.8. The predicted molar refractivity (Wildman–Crippen MR) is 169 cm³/mol. The number of amides is 2. The third kappa shape index (κ3) is 7.42. The highest BCUT2D eigenvalue weighted by Gasteiger charge is 2.34. The van der Waals surface area contributed by atoms with E-state index < -0.39 is 0 Å². The molecule has 0 radical (unpaired) electrons. The molecule has 0 bridgehead atoms. The molecule has 0 fully saturated rings. The summed E-state index contributed by atoms with van der Waals surface area (Å²) in [4.78, 5) is 34.7. The van der Waals surface area contributed by atoms with Crippen LogP contribution in [-0.4, -0.2) is 70.6 Å². The number of ether oxygens (including phenoxy) is 2. The largest absolute Gasteiger partial charge is 0.486 e. The quantitative estimate of drug-likeness (QED) is 0.251. The van der Waals surface area contributed by atoms with E-state index in [1.807, 2.05) is 75.5 Å². The number of aliphatic hydroxyl groups is 1. The minimum absolute atomic E-state index is 0.0749. The summed E-state index contributed by atoms with van der Waals surface area (Å²) >= 11 is 0. The van der Waals surface area contributed by atoms with Gasteiger partial charge in [-0.15, -0.1) is 0 Å². The number of hydrogen-bond donors (Lipinski definition) is 2. The average Bonchev–Trinajstić information content (AvgIpc) is 3.04. The molecule has 2 heterocycles. The Morgan fingerprint density at radius 1 is 1.05 bits per heavy atom. The van der Waals surface area contributed by atoms with Crippen LogP contribution in [0, 0.1) is 5.92 Å². The van der Waals surface area contributed by atoms with Gasteiger partial charge in [-0.25, -0.2) is 0 Å². The average molecular weight is 595 g/mol. The van der Waals surface area contributed by atoms with Gasteiger partial charge >= 0.3 is 0 Å². The van der Waals surface area contributed by atoms with Gasteiger partial charge in [0.15, 0.2) is 5.75 Å². The molecule has 9 nitrogen and oxygen atoms in total. The van der Waals surface area contributed by atoms with E-state index in [1.54, 1.807) is 47.6 Å². The maximum Gasteiger partial charge on any atom is 0.258 e. The minimum Gasteiger partial charge on any atom is -0.486 e. The van der Waals surface area contributed by atoms with Crippen LogP contribution in [0.1, 0.15) is 40.1 Å². The van der Waals surface area contributed by atoms with Crippen LogP contribution in [-0.2, 0) is 6.54 Å². The number of hydrogen-bond acceptors (Lipinski definition) is 7. The molecule has 0 saturated heterocycles. The predicted octanol–water partition coefficient (Wildman–Crippen LogP) is 5.48. The molecule has 44 heavy (non-hydrogen) atoms. The zero-order valence-corrected chi connectivity index (χ0v) is 25.2. The molecule has 228 valence electrons. The molecular formula is C35H38N4O5. The van der Waals surface area contributed by atoms with E-state index in [0.29, 0.717) is 42.2 Å². The number of para-hydroxylation sites is 2. The topological polar surface area (TPSA) is 104 Å². The van der Waals surface area contributed by atoms with Crippen LogP contribution in [0.5, 0.6) is 17.2 Å². The van der Waals surface area contributed by atoms with Crippen molar-refractivity contribution in [3.05, 3.63) is 114 Å². The fourth-order valence-electron chi connectivity index (χ4n) is 5.23. The van der Waals surface area contributed by atoms with Crippen LogP contribution in [0.25, 0.3) is 0 Å². The van der Waals surface area contributed by atoms with Crippen LogP contribution in [0.15, 0.2) is 97.3 Å². The van der Waals surface area contributed by atoms with Crippen LogP contribution < -0.4 is 14.8 Å². The fourth-order valence-corrected chi connectivity index (χ4v) is 5.23. The molecule has 1 aromatic heterocycles. The summed E-state index contributed by atoms with van der Waals surface area (Å²) in [6, 6.07) is 25.7. The number of fused-ring (bicyclic) bond motifs is 1. The van der Waals surface area contributed by atoms with E-state index in [1.165, 1.54) is 0 Å². The van der Waals surface area contributed by atoms with Crippen LogP contribution in [0.4, 0.5) is 5.69 Å². The fraction of sp³-hybridized carbons (Fsp3) is 0.286. The number of nitrogens with zero attached hydrogens (tertiary/aromatic N) is 3. The molecule has 2 amide bonds. The van der Waals surface area contributed by atoms with Crippen LogP contribution in [0.3, 0.4) is 0 Å². The summed E-state index contributed by atoms with van der Waals surface area (Å²) in [6.07, 6.45) is 2.78. The van der Waals surface area contributed by atoms with Crippen LogP contribution in [0.2, 0.25) is 0 Å². The van der Waals surface area contributed by atoms with Gasteiger partial charge in [0.2, 0.25) is 0 Å². The normalized spacial score (nSPS) is 17.2. The third-order valence-corrected chi connectivity index (χ3v) is 7.73. The van der Waals surface area contributed by atoms with Gasteiger partial charge in [-0.2, -0.15) is 0 Å². The number of benzene rings is 3. The summed E-state index contributed by atoms with van der Waals surface area (Å²) in [6.45, 7) is 5.35. The molecule has 0 saturated carbocycles. The lowest BCUT2D eigenvalue weighted by Crippen LogP contribution is -2.49. The van der Waals surface area contributed by atoms with Gasteiger partial charge in [-0.1, -0.05) is 43.3 Å². The van der Waals surface area contributed by atoms with E-state index in [-0.39, 0.29) is 36.5 Å². The molecule has 1 aliphatic heterocycles. The van der Waals surface area contributed by atoms with E-state index in [2.05, 4.69) is 15.2 Å². The zero-order chi connectivity index (χ0) is 31.1. The molecule has 3 aromatic carbocycles. The second-order valence-electron chi connectivity index (χ2n) is 11.3. The first kappa shape index (κ1) is 30.7. The number of carbonyl (C=O) groups excluding carboxylic acids is 2. The van der Waals surface area contributed by atoms with Crippen molar-refractivity contribution in [2.75, 3.05) is 32.1 Å². The number of aliphatic hydroxyl groups excluding tert-OH is 1. The molecule has 0 unspecified atom stereocenters. The van der Waals surface area contributed by atoms with Gasteiger partial charge in [-0.05, 0) is 68.1 Å². The van der Waals surface area contributed by atoms with Gasteiger partial charge in [0.1, 0.15) is 17.6 Å². The zero-order valence-electron chi connectivity index (χ0n) is 25.2. The Bertz CT molecular complexity index is 1550. The smallest absolute Gasteiger partial charge is 0.258 e. The highest BCUT2D eigenvalue weighted by Crippen LogP contribution is 2.35. The first-order chi connectivity index (χ1) is 21.3. The molecule has 0 aliphatic carbocycles. The van der Waals surface area contributed by atoms with Crippen molar-refractivity contribution in [2.24, 2.45) is 5.92 Å². The van der Waals surface area contributed by atoms with Crippen molar-refractivity contribution in [2.45, 2.75) is 32.5 Å². The first-order valence-corrected chi connectivity index (χ1v) is 14.8. The molecule has 0 spiro atoms. The van der Waals surface area contributed by atoms with Crippen molar-refractivity contribution < 1.29 is 24.2 Å². The Morgan fingerprint density at radius 3 is 2.45 bits per heavy atom. The second-order valence-corrected chi connectivity index (χ2v) is 11.3. The van der Waals surface area contributed by atoms with Gasteiger partial charge in [0.25, 0.3) is 11.8 Å². The summed E-state index contributed by atoms with van der Waals surface area (Å²) < 4.78 is 12.6. The Labute approximate surface area is 258 Å². The molecule has 5 rings (SSSR count). The lowest BCUT2D eigenvalue weighted by molar-refractivity contribution is 0.0343. The Balaban J connectivity index is 1.36. The second kappa shape index (κ2) is 14.2. The lowest BCUT2D eigenvalue weighted by atomic mass is 9.98. The van der Waals surface area contributed by atoms with Gasteiger partial charge in [0, 0.05) is 43.5 Å². The van der Waals surface area contributed by atoms with Crippen molar-refractivity contribution in [3.63, 3.8) is 0 Å². The molecule has 2 N–H and O–H groups in total. The third-order valence-electron chi connectivity index (χ3n) is 7.73. The van der Waals surface area contributed by atoms with E-state index in [0.717, 1.165) is 17.1 Å². The molecule has 3 atom stereocenters. The minimum atomic E-state index is -0.388. The maximum absolute atomic E-state index is 13.7. The van der Waals surface area contributed by atoms with Crippen LogP contribution >= 0.6 is 0 Å². The van der Waals surface area contributed by atoms with Crippen molar-refractivity contribution in [3.8, 4) is 17.2 Å². The van der Waals surface area contributed by atoms with Gasteiger partial charge in [-0.3, -0.25) is 19.5 Å². The molecule has 4 aromatic rings. The number of carbonyl (C=O) groups is 2. The summed E-state index contributed by atoms with van der Waals surface area (Å²) in [5, 5.41) is 12.9. The van der Waals surface area contributed by atoms with Gasteiger partial charge in [0.05, 0.1) is 23.9 Å². The summed E-state index contributed by atoms with van der Waals surface area (Å²) in [7, 11) is 2.03. The van der Waals surface area contributed by atoms with Crippen molar-refractivity contribution in [1.29, 1.82) is 0 Å². The highest BCUT2D eigenvalue weighted by atomic mass is 16.5. The number of nitrogens with one attached hydrogen (secondary N) is 1. The summed E-state index contributed by atoms with van der Waals surface area (Å²) in [5.74, 6) is 1.21. The summed E-state index contributed by atoms with van der Waals surface area (Å²) in [5.41, 5.74) is 2.30. The number of pyridine rings is 1. The Hall–Kier alpha value is -4.73. The maximum atomic E-state index is 13.7. The number of aromatic nitrogens is 1. The van der Waals surface area contributed by atoms with Crippen molar-refractivity contribution >= 4 is 17.5 Å². The van der Waals surface area contributed by atoms with E-state index in [4.69, 9.17) is 9.47 Å². The Morgan fingerprint density at radius 2 is 1.75 bits per heavy atom. The van der Waals surface area contributed by atoms with Gasteiger partial charge < -0.3 is 24.8 Å². The van der Waals surface area contributed by atoms with E-state index in [9.17, 15) is 14.7 Å².